The molecule has 0 amide bonds. The summed E-state index contributed by atoms with van der Waals surface area (Å²) in [7, 11) is 0. The predicted octanol–water partition coefficient (Wildman–Crippen LogP) is 3.96. The molecular weight excluding hydrogens is 259 g/mol. The SMILES string of the molecule is Cc1cccc(C)c1CNc1cc(F)ccc1[N+](=O)[O-]. The fraction of sp³-hybridized carbons (Fsp3) is 0.200. The van der Waals surface area contributed by atoms with E-state index in [1.807, 2.05) is 32.0 Å². The first kappa shape index (κ1) is 14.0. The van der Waals surface area contributed by atoms with Crippen LogP contribution >= 0.6 is 0 Å². The predicted molar refractivity (Wildman–Crippen MR) is 76.3 cm³/mol. The molecule has 2 rings (SSSR count). The van der Waals surface area contributed by atoms with Gasteiger partial charge in [-0.3, -0.25) is 10.1 Å². The van der Waals surface area contributed by atoms with Crippen LogP contribution in [0.4, 0.5) is 15.8 Å². The van der Waals surface area contributed by atoms with Crippen LogP contribution in [0.15, 0.2) is 36.4 Å². The van der Waals surface area contributed by atoms with E-state index in [0.717, 1.165) is 28.8 Å². The normalized spacial score (nSPS) is 10.3. The van der Waals surface area contributed by atoms with Gasteiger partial charge in [0.25, 0.3) is 5.69 Å². The Morgan fingerprint density at radius 2 is 1.85 bits per heavy atom. The van der Waals surface area contributed by atoms with Crippen molar-refractivity contribution in [3.05, 3.63) is 69.0 Å². The van der Waals surface area contributed by atoms with Crippen molar-refractivity contribution in [3.8, 4) is 0 Å². The fourth-order valence-electron chi connectivity index (χ4n) is 2.12. The van der Waals surface area contributed by atoms with E-state index in [0.29, 0.717) is 6.54 Å². The third-order valence-corrected chi connectivity index (χ3v) is 3.26. The number of nitrogens with one attached hydrogen (secondary N) is 1. The van der Waals surface area contributed by atoms with Gasteiger partial charge in [0.1, 0.15) is 11.5 Å². The average molecular weight is 274 g/mol. The molecule has 0 radical (unpaired) electrons. The molecule has 0 saturated heterocycles. The molecule has 4 nitrogen and oxygen atoms in total. The van der Waals surface area contributed by atoms with E-state index in [4.69, 9.17) is 0 Å². The van der Waals surface area contributed by atoms with E-state index in [2.05, 4.69) is 5.32 Å². The van der Waals surface area contributed by atoms with Crippen LogP contribution in [0, 0.1) is 29.8 Å². The average Bonchev–Trinajstić information content (AvgIpc) is 2.37. The van der Waals surface area contributed by atoms with Gasteiger partial charge < -0.3 is 5.32 Å². The van der Waals surface area contributed by atoms with Crippen LogP contribution in [0.3, 0.4) is 0 Å². The van der Waals surface area contributed by atoms with Gasteiger partial charge in [0.2, 0.25) is 0 Å². The van der Waals surface area contributed by atoms with Crippen LogP contribution in [-0.2, 0) is 6.54 Å². The van der Waals surface area contributed by atoms with Crippen molar-refractivity contribution in [3.63, 3.8) is 0 Å². The van der Waals surface area contributed by atoms with Crippen molar-refractivity contribution in [1.29, 1.82) is 0 Å². The second kappa shape index (κ2) is 5.69. The maximum absolute atomic E-state index is 13.2. The van der Waals surface area contributed by atoms with Crippen LogP contribution < -0.4 is 5.32 Å². The van der Waals surface area contributed by atoms with Crippen molar-refractivity contribution >= 4 is 11.4 Å². The van der Waals surface area contributed by atoms with Crippen LogP contribution in [0.1, 0.15) is 16.7 Å². The Morgan fingerprint density at radius 1 is 1.20 bits per heavy atom. The molecule has 2 aromatic carbocycles. The Hall–Kier alpha value is -2.43. The summed E-state index contributed by atoms with van der Waals surface area (Å²) in [6.45, 7) is 4.37. The van der Waals surface area contributed by atoms with Crippen LogP contribution in [-0.4, -0.2) is 4.92 Å². The Labute approximate surface area is 116 Å². The number of nitro groups is 1. The number of rotatable bonds is 4. The number of benzene rings is 2. The van der Waals surface area contributed by atoms with Gasteiger partial charge >= 0.3 is 0 Å². The molecule has 0 atom stereocenters. The second-order valence-electron chi connectivity index (χ2n) is 4.64. The van der Waals surface area contributed by atoms with Gasteiger partial charge in [0.15, 0.2) is 0 Å². The highest BCUT2D eigenvalue weighted by Crippen LogP contribution is 2.26. The van der Waals surface area contributed by atoms with Gasteiger partial charge in [-0.1, -0.05) is 18.2 Å². The standard InChI is InChI=1S/C15H15FN2O2/c1-10-4-3-5-11(2)13(10)9-17-14-8-12(16)6-7-15(14)18(19)20/h3-8,17H,9H2,1-2H3. The van der Waals surface area contributed by atoms with Gasteiger partial charge in [-0.05, 0) is 36.6 Å². The third-order valence-electron chi connectivity index (χ3n) is 3.26. The molecule has 2 aromatic rings. The first-order valence-corrected chi connectivity index (χ1v) is 6.22. The summed E-state index contributed by atoms with van der Waals surface area (Å²) in [6, 6.07) is 9.31. The molecule has 0 unspecified atom stereocenters. The number of halogens is 1. The monoisotopic (exact) mass is 274 g/mol. The highest BCUT2D eigenvalue weighted by Gasteiger charge is 2.14. The van der Waals surface area contributed by atoms with Crippen molar-refractivity contribution in [2.75, 3.05) is 5.32 Å². The second-order valence-corrected chi connectivity index (χ2v) is 4.64. The minimum absolute atomic E-state index is 0.127. The van der Waals surface area contributed by atoms with Crippen molar-refractivity contribution in [1.82, 2.24) is 0 Å². The van der Waals surface area contributed by atoms with Gasteiger partial charge in [-0.2, -0.15) is 0 Å². The zero-order chi connectivity index (χ0) is 14.7. The summed E-state index contributed by atoms with van der Waals surface area (Å²) in [5.74, 6) is -0.500. The third kappa shape index (κ3) is 2.93. The van der Waals surface area contributed by atoms with E-state index in [-0.39, 0.29) is 11.4 Å². The highest BCUT2D eigenvalue weighted by atomic mass is 19.1. The molecule has 0 aliphatic heterocycles. The lowest BCUT2D eigenvalue weighted by Gasteiger charge is -2.12. The summed E-state index contributed by atoms with van der Waals surface area (Å²) < 4.78 is 13.2. The summed E-state index contributed by atoms with van der Waals surface area (Å²) >= 11 is 0. The van der Waals surface area contributed by atoms with Gasteiger partial charge in [-0.15, -0.1) is 0 Å². The van der Waals surface area contributed by atoms with Crippen molar-refractivity contribution in [2.24, 2.45) is 0 Å². The van der Waals surface area contributed by atoms with Crippen LogP contribution in [0.2, 0.25) is 0 Å². The van der Waals surface area contributed by atoms with Crippen LogP contribution in [0.5, 0.6) is 0 Å². The largest absolute Gasteiger partial charge is 0.375 e. The number of nitrogens with zero attached hydrogens (tertiary/aromatic N) is 1. The molecule has 20 heavy (non-hydrogen) atoms. The molecule has 0 aromatic heterocycles. The van der Waals surface area contributed by atoms with E-state index >= 15 is 0 Å². The first-order valence-electron chi connectivity index (χ1n) is 6.22. The summed E-state index contributed by atoms with van der Waals surface area (Å²) in [6.07, 6.45) is 0. The Balaban J connectivity index is 2.27. The molecule has 0 saturated carbocycles. The molecule has 0 aliphatic rings. The molecule has 5 heteroatoms. The molecule has 0 spiro atoms. The number of anilines is 1. The molecule has 0 fully saturated rings. The van der Waals surface area contributed by atoms with Gasteiger partial charge in [-0.25, -0.2) is 4.39 Å². The molecule has 104 valence electrons. The fourth-order valence-corrected chi connectivity index (χ4v) is 2.12. The number of aryl methyl sites for hydroxylation is 2. The smallest absolute Gasteiger partial charge is 0.292 e. The van der Waals surface area contributed by atoms with Crippen molar-refractivity contribution in [2.45, 2.75) is 20.4 Å². The van der Waals surface area contributed by atoms with Gasteiger partial charge in [0, 0.05) is 18.7 Å². The zero-order valence-corrected chi connectivity index (χ0v) is 11.3. The van der Waals surface area contributed by atoms with E-state index in [9.17, 15) is 14.5 Å². The van der Waals surface area contributed by atoms with Gasteiger partial charge in [0.05, 0.1) is 4.92 Å². The topological polar surface area (TPSA) is 55.2 Å². The Morgan fingerprint density at radius 3 is 2.45 bits per heavy atom. The molecule has 0 bridgehead atoms. The Kier molecular flexibility index (Phi) is 3.98. The maximum atomic E-state index is 13.2. The summed E-state index contributed by atoms with van der Waals surface area (Å²) in [4.78, 5) is 10.4. The summed E-state index contributed by atoms with van der Waals surface area (Å²) in [5.41, 5.74) is 3.31. The molecular formula is C15H15FN2O2. The van der Waals surface area contributed by atoms with E-state index < -0.39 is 10.7 Å². The van der Waals surface area contributed by atoms with E-state index in [1.165, 1.54) is 6.07 Å². The molecule has 0 aliphatic carbocycles. The first-order chi connectivity index (χ1) is 9.49. The lowest BCUT2D eigenvalue weighted by molar-refractivity contribution is -0.384. The zero-order valence-electron chi connectivity index (χ0n) is 11.3. The van der Waals surface area contributed by atoms with E-state index in [1.54, 1.807) is 0 Å². The quantitative estimate of drug-likeness (QED) is 0.678. The number of hydrogen-bond acceptors (Lipinski definition) is 3. The molecule has 0 heterocycles. The number of hydrogen-bond donors (Lipinski definition) is 1. The highest BCUT2D eigenvalue weighted by molar-refractivity contribution is 5.61. The minimum Gasteiger partial charge on any atom is -0.375 e. The lowest BCUT2D eigenvalue weighted by Crippen LogP contribution is -2.05. The maximum Gasteiger partial charge on any atom is 0.292 e. The lowest BCUT2D eigenvalue weighted by atomic mass is 10.0. The summed E-state index contributed by atoms with van der Waals surface area (Å²) in [5, 5.41) is 13.9. The van der Waals surface area contributed by atoms with Crippen molar-refractivity contribution < 1.29 is 9.31 Å². The molecule has 1 N–H and O–H groups in total. The van der Waals surface area contributed by atoms with Crippen LogP contribution in [0.25, 0.3) is 0 Å². The minimum atomic E-state index is -0.521. The number of nitro benzene ring substituents is 1. The Bertz CT molecular complexity index is 636.